The van der Waals surface area contributed by atoms with E-state index in [2.05, 4.69) is 0 Å². The number of phenolic OH excluding ortho intramolecular Hbond substituents is 2. The molecule has 104 valence electrons. The van der Waals surface area contributed by atoms with Crippen molar-refractivity contribution in [1.29, 1.82) is 0 Å². The van der Waals surface area contributed by atoms with E-state index in [1.54, 1.807) is 24.3 Å². The summed E-state index contributed by atoms with van der Waals surface area (Å²) in [4.78, 5) is 0. The molecule has 0 atom stereocenters. The Labute approximate surface area is 118 Å². The van der Waals surface area contributed by atoms with Gasteiger partial charge in [-0.3, -0.25) is 0 Å². The first kappa shape index (κ1) is 13.0. The molecule has 0 amide bonds. The van der Waals surface area contributed by atoms with Crippen molar-refractivity contribution in [2.45, 2.75) is 18.3 Å². The fourth-order valence-electron chi connectivity index (χ4n) is 2.98. The molecule has 0 bridgehead atoms. The van der Waals surface area contributed by atoms with Crippen LogP contribution in [0.3, 0.4) is 0 Å². The van der Waals surface area contributed by atoms with Gasteiger partial charge in [-0.25, -0.2) is 0 Å². The van der Waals surface area contributed by atoms with Gasteiger partial charge >= 0.3 is 0 Å². The van der Waals surface area contributed by atoms with Gasteiger partial charge in [-0.1, -0.05) is 24.3 Å². The minimum Gasteiger partial charge on any atom is -0.508 e. The van der Waals surface area contributed by atoms with E-state index in [1.165, 1.54) is 0 Å². The molecule has 1 saturated heterocycles. The highest BCUT2D eigenvalue weighted by molar-refractivity contribution is 5.43. The minimum atomic E-state index is -0.195. The second-order valence-electron chi connectivity index (χ2n) is 5.33. The number of benzene rings is 2. The highest BCUT2D eigenvalue weighted by Gasteiger charge is 2.36. The first-order valence-corrected chi connectivity index (χ1v) is 6.87. The van der Waals surface area contributed by atoms with Crippen LogP contribution in [0.5, 0.6) is 11.5 Å². The van der Waals surface area contributed by atoms with Crippen molar-refractivity contribution in [3.63, 3.8) is 0 Å². The largest absolute Gasteiger partial charge is 0.508 e. The van der Waals surface area contributed by atoms with Gasteiger partial charge in [0.15, 0.2) is 0 Å². The summed E-state index contributed by atoms with van der Waals surface area (Å²) in [5, 5.41) is 19.0. The average molecular weight is 270 g/mol. The predicted molar refractivity (Wildman–Crippen MR) is 77.0 cm³/mol. The van der Waals surface area contributed by atoms with E-state index in [-0.39, 0.29) is 16.9 Å². The van der Waals surface area contributed by atoms with Crippen LogP contribution in [0.1, 0.15) is 24.0 Å². The molecule has 3 rings (SSSR count). The van der Waals surface area contributed by atoms with Gasteiger partial charge in [-0.15, -0.1) is 0 Å². The number of ether oxygens (including phenoxy) is 1. The lowest BCUT2D eigenvalue weighted by Gasteiger charge is -2.38. The molecule has 0 unspecified atom stereocenters. The van der Waals surface area contributed by atoms with Crippen molar-refractivity contribution >= 4 is 0 Å². The smallest absolute Gasteiger partial charge is 0.115 e. The normalized spacial score (nSPS) is 17.8. The molecular weight excluding hydrogens is 252 g/mol. The zero-order valence-electron chi connectivity index (χ0n) is 11.2. The van der Waals surface area contributed by atoms with Crippen LogP contribution in [0.4, 0.5) is 0 Å². The molecule has 0 aromatic heterocycles. The number of rotatable bonds is 2. The van der Waals surface area contributed by atoms with E-state index in [9.17, 15) is 10.2 Å². The van der Waals surface area contributed by atoms with Crippen LogP contribution < -0.4 is 0 Å². The van der Waals surface area contributed by atoms with E-state index in [1.807, 2.05) is 24.3 Å². The SMILES string of the molecule is Oc1ccc(C2(c3ccc(O)cc3)CCCOC2)cc1. The Morgan fingerprint density at radius 1 is 0.800 bits per heavy atom. The lowest BCUT2D eigenvalue weighted by atomic mass is 9.71. The second kappa shape index (κ2) is 5.17. The molecule has 0 radical (unpaired) electrons. The van der Waals surface area contributed by atoms with Crippen molar-refractivity contribution in [2.24, 2.45) is 0 Å². The van der Waals surface area contributed by atoms with Crippen LogP contribution in [-0.2, 0) is 10.2 Å². The van der Waals surface area contributed by atoms with Gasteiger partial charge in [0.2, 0.25) is 0 Å². The topological polar surface area (TPSA) is 49.7 Å². The lowest BCUT2D eigenvalue weighted by Crippen LogP contribution is -2.37. The number of aromatic hydroxyl groups is 2. The van der Waals surface area contributed by atoms with Gasteiger partial charge in [-0.2, -0.15) is 0 Å². The highest BCUT2D eigenvalue weighted by atomic mass is 16.5. The summed E-state index contributed by atoms with van der Waals surface area (Å²) in [5.41, 5.74) is 2.08. The quantitative estimate of drug-likeness (QED) is 0.881. The molecule has 3 heteroatoms. The van der Waals surface area contributed by atoms with Crippen LogP contribution >= 0.6 is 0 Å². The van der Waals surface area contributed by atoms with Gasteiger partial charge < -0.3 is 14.9 Å². The third-order valence-electron chi connectivity index (χ3n) is 4.08. The van der Waals surface area contributed by atoms with Crippen molar-refractivity contribution in [1.82, 2.24) is 0 Å². The molecule has 2 aromatic carbocycles. The summed E-state index contributed by atoms with van der Waals surface area (Å²) in [6.45, 7) is 1.42. The molecule has 3 nitrogen and oxygen atoms in total. The van der Waals surface area contributed by atoms with E-state index in [4.69, 9.17) is 4.74 Å². The van der Waals surface area contributed by atoms with Gasteiger partial charge in [-0.05, 0) is 48.2 Å². The van der Waals surface area contributed by atoms with Crippen molar-refractivity contribution < 1.29 is 14.9 Å². The molecule has 0 spiro atoms. The van der Waals surface area contributed by atoms with Gasteiger partial charge in [0.05, 0.1) is 6.61 Å². The van der Waals surface area contributed by atoms with E-state index < -0.39 is 0 Å². The Bertz CT molecular complexity index is 519. The predicted octanol–water partition coefficient (Wildman–Crippen LogP) is 3.19. The summed E-state index contributed by atoms with van der Waals surface area (Å²) >= 11 is 0. The first-order valence-electron chi connectivity index (χ1n) is 6.87. The monoisotopic (exact) mass is 270 g/mol. The molecule has 1 fully saturated rings. The summed E-state index contributed by atoms with van der Waals surface area (Å²) in [5.74, 6) is 0.540. The van der Waals surface area contributed by atoms with Crippen LogP contribution in [0.25, 0.3) is 0 Å². The zero-order valence-corrected chi connectivity index (χ0v) is 11.2. The van der Waals surface area contributed by atoms with Gasteiger partial charge in [0.1, 0.15) is 11.5 Å². The van der Waals surface area contributed by atoms with Crippen LogP contribution in [0.15, 0.2) is 48.5 Å². The molecule has 1 aliphatic rings. The van der Waals surface area contributed by atoms with Crippen LogP contribution in [0.2, 0.25) is 0 Å². The summed E-state index contributed by atoms with van der Waals surface area (Å²) in [6, 6.07) is 14.7. The number of phenols is 2. The Morgan fingerprint density at radius 3 is 1.70 bits per heavy atom. The molecule has 1 heterocycles. The second-order valence-corrected chi connectivity index (χ2v) is 5.33. The fraction of sp³-hybridized carbons (Fsp3) is 0.294. The van der Waals surface area contributed by atoms with Crippen LogP contribution in [0, 0.1) is 0 Å². The molecule has 0 saturated carbocycles. The fourth-order valence-corrected chi connectivity index (χ4v) is 2.98. The summed E-state index contributed by atoms with van der Waals surface area (Å²) < 4.78 is 5.73. The first-order chi connectivity index (χ1) is 9.71. The number of hydrogen-bond acceptors (Lipinski definition) is 3. The van der Waals surface area contributed by atoms with E-state index >= 15 is 0 Å². The molecule has 2 N–H and O–H groups in total. The molecular formula is C17H18O3. The van der Waals surface area contributed by atoms with Gasteiger partial charge in [0, 0.05) is 12.0 Å². The maximum Gasteiger partial charge on any atom is 0.115 e. The Hall–Kier alpha value is -2.00. The Balaban J connectivity index is 2.08. The molecule has 2 aromatic rings. The Kier molecular flexibility index (Phi) is 3.36. The standard InChI is InChI=1S/C17H18O3/c18-15-6-2-13(3-7-15)17(10-1-11-20-12-17)14-4-8-16(19)9-5-14/h2-9,18-19H,1,10-12H2. The third kappa shape index (κ3) is 2.25. The minimum absolute atomic E-state index is 0.195. The highest BCUT2D eigenvalue weighted by Crippen LogP contribution is 2.40. The van der Waals surface area contributed by atoms with Crippen molar-refractivity contribution in [2.75, 3.05) is 13.2 Å². The zero-order chi connectivity index (χ0) is 14.0. The molecule has 0 aliphatic carbocycles. The summed E-state index contributed by atoms with van der Waals surface area (Å²) in [6.07, 6.45) is 2.00. The molecule has 20 heavy (non-hydrogen) atoms. The summed E-state index contributed by atoms with van der Waals surface area (Å²) in [7, 11) is 0. The third-order valence-corrected chi connectivity index (χ3v) is 4.08. The van der Waals surface area contributed by atoms with Crippen LogP contribution in [-0.4, -0.2) is 23.4 Å². The lowest BCUT2D eigenvalue weighted by molar-refractivity contribution is 0.0505. The number of hydrogen-bond donors (Lipinski definition) is 2. The maximum absolute atomic E-state index is 9.48. The van der Waals surface area contributed by atoms with Crippen molar-refractivity contribution in [3.05, 3.63) is 59.7 Å². The van der Waals surface area contributed by atoms with Crippen molar-refractivity contribution in [3.8, 4) is 11.5 Å². The maximum atomic E-state index is 9.48. The van der Waals surface area contributed by atoms with Gasteiger partial charge in [0.25, 0.3) is 0 Å². The average Bonchev–Trinajstić information content (AvgIpc) is 2.49. The van der Waals surface area contributed by atoms with E-state index in [0.717, 1.165) is 30.6 Å². The molecule has 1 aliphatic heterocycles. The Morgan fingerprint density at radius 2 is 1.30 bits per heavy atom. The van der Waals surface area contributed by atoms with E-state index in [0.29, 0.717) is 6.61 Å².